The van der Waals surface area contributed by atoms with Crippen LogP contribution < -0.4 is 11.3 Å². The maximum atomic E-state index is 11.9. The molecule has 0 fully saturated rings. The van der Waals surface area contributed by atoms with E-state index in [1.807, 2.05) is 32.9 Å². The van der Waals surface area contributed by atoms with Crippen LogP contribution in [0.5, 0.6) is 0 Å². The second-order valence-electron chi connectivity index (χ2n) is 4.56. The summed E-state index contributed by atoms with van der Waals surface area (Å²) in [5.41, 5.74) is 9.26. The minimum atomic E-state index is -0.164. The van der Waals surface area contributed by atoms with Gasteiger partial charge >= 0.3 is 0 Å². The lowest BCUT2D eigenvalue weighted by molar-refractivity contribution is 1.02. The zero-order chi connectivity index (χ0) is 14.2. The van der Waals surface area contributed by atoms with Crippen molar-refractivity contribution >= 4 is 21.7 Å². The number of nitrogens with zero attached hydrogens (tertiary/aromatic N) is 1. The third kappa shape index (κ3) is 2.56. The molecule has 0 saturated carbocycles. The molecule has 0 amide bonds. The topological polar surface area (TPSA) is 71.8 Å². The predicted octanol–water partition coefficient (Wildman–Crippen LogP) is 2.96. The number of aromatic amines is 1. The summed E-state index contributed by atoms with van der Waals surface area (Å²) in [5, 5.41) is 0. The number of nitrogen functional groups attached to an aromatic ring is 1. The maximum absolute atomic E-state index is 11.9. The smallest absolute Gasteiger partial charge is 0.256 e. The Morgan fingerprint density at radius 3 is 2.37 bits per heavy atom. The highest BCUT2D eigenvalue weighted by Gasteiger charge is 2.10. The standard InChI is InChI=1S/C14H16BrN3O/c1-4-10-12(16)17-13(18-14(10)19)9-5-7(2)11(15)8(3)6-9/h5-6H,4H2,1-3H3,(H3,16,17,18,19). The highest BCUT2D eigenvalue weighted by molar-refractivity contribution is 9.10. The first kappa shape index (κ1) is 13.8. The third-order valence-electron chi connectivity index (χ3n) is 3.11. The molecule has 3 N–H and O–H groups in total. The lowest BCUT2D eigenvalue weighted by Gasteiger charge is -2.09. The van der Waals surface area contributed by atoms with Crippen LogP contribution in [0.4, 0.5) is 5.82 Å². The van der Waals surface area contributed by atoms with Crippen LogP contribution in [0.25, 0.3) is 11.4 Å². The number of anilines is 1. The van der Waals surface area contributed by atoms with Crippen LogP contribution in [-0.2, 0) is 6.42 Å². The van der Waals surface area contributed by atoms with Gasteiger partial charge in [0, 0.05) is 10.0 Å². The van der Waals surface area contributed by atoms with Crippen molar-refractivity contribution in [1.82, 2.24) is 9.97 Å². The molecule has 0 aliphatic carbocycles. The second-order valence-corrected chi connectivity index (χ2v) is 5.35. The van der Waals surface area contributed by atoms with Crippen molar-refractivity contribution in [3.63, 3.8) is 0 Å². The number of hydrogen-bond donors (Lipinski definition) is 2. The lowest BCUT2D eigenvalue weighted by Crippen LogP contribution is -2.17. The molecule has 100 valence electrons. The van der Waals surface area contributed by atoms with E-state index in [0.717, 1.165) is 21.2 Å². The molecule has 0 atom stereocenters. The molecule has 2 aromatic rings. The van der Waals surface area contributed by atoms with Crippen molar-refractivity contribution in [2.45, 2.75) is 27.2 Å². The Morgan fingerprint density at radius 2 is 1.89 bits per heavy atom. The van der Waals surface area contributed by atoms with E-state index in [4.69, 9.17) is 5.73 Å². The SMILES string of the molecule is CCc1c(N)nc(-c2cc(C)c(Br)c(C)c2)[nH]c1=O. The third-order valence-corrected chi connectivity index (χ3v) is 4.36. The molecule has 19 heavy (non-hydrogen) atoms. The molecule has 2 rings (SSSR count). The number of rotatable bonds is 2. The van der Waals surface area contributed by atoms with E-state index in [1.54, 1.807) is 0 Å². The van der Waals surface area contributed by atoms with Crippen LogP contribution in [0.3, 0.4) is 0 Å². The van der Waals surface area contributed by atoms with Gasteiger partial charge in [0.15, 0.2) is 0 Å². The summed E-state index contributed by atoms with van der Waals surface area (Å²) < 4.78 is 1.07. The number of nitrogens with one attached hydrogen (secondary N) is 1. The number of benzene rings is 1. The van der Waals surface area contributed by atoms with Gasteiger partial charge in [0.2, 0.25) is 0 Å². The summed E-state index contributed by atoms with van der Waals surface area (Å²) in [5.74, 6) is 0.817. The minimum Gasteiger partial charge on any atom is -0.383 e. The Hall–Kier alpha value is -1.62. The molecular weight excluding hydrogens is 306 g/mol. The molecule has 0 unspecified atom stereocenters. The fraction of sp³-hybridized carbons (Fsp3) is 0.286. The summed E-state index contributed by atoms with van der Waals surface area (Å²) in [6, 6.07) is 3.95. The van der Waals surface area contributed by atoms with Gasteiger partial charge < -0.3 is 10.7 Å². The number of aryl methyl sites for hydroxylation is 2. The quantitative estimate of drug-likeness (QED) is 0.893. The molecule has 1 aromatic heterocycles. The summed E-state index contributed by atoms with van der Waals surface area (Å²) in [6.07, 6.45) is 0.576. The van der Waals surface area contributed by atoms with Gasteiger partial charge in [0.25, 0.3) is 5.56 Å². The zero-order valence-corrected chi connectivity index (χ0v) is 12.8. The molecule has 0 saturated heterocycles. The van der Waals surface area contributed by atoms with Crippen LogP contribution in [0.15, 0.2) is 21.4 Å². The Kier molecular flexibility index (Phi) is 3.75. The molecule has 0 aliphatic rings. The first-order valence-electron chi connectivity index (χ1n) is 6.09. The van der Waals surface area contributed by atoms with Gasteiger partial charge in [-0.2, -0.15) is 0 Å². The monoisotopic (exact) mass is 321 g/mol. The van der Waals surface area contributed by atoms with Crippen molar-refractivity contribution < 1.29 is 0 Å². The Morgan fingerprint density at radius 1 is 1.32 bits per heavy atom. The Labute approximate surface area is 120 Å². The number of nitrogens with two attached hydrogens (primary N) is 1. The van der Waals surface area contributed by atoms with Gasteiger partial charge in [-0.25, -0.2) is 4.98 Å². The van der Waals surface area contributed by atoms with Crippen LogP contribution in [0.1, 0.15) is 23.6 Å². The predicted molar refractivity (Wildman–Crippen MR) is 81.3 cm³/mol. The van der Waals surface area contributed by atoms with E-state index in [2.05, 4.69) is 25.9 Å². The van der Waals surface area contributed by atoms with Gasteiger partial charge in [0.1, 0.15) is 11.6 Å². The van der Waals surface area contributed by atoms with Crippen LogP contribution in [0.2, 0.25) is 0 Å². The largest absolute Gasteiger partial charge is 0.383 e. The van der Waals surface area contributed by atoms with Crippen LogP contribution in [0, 0.1) is 13.8 Å². The summed E-state index contributed by atoms with van der Waals surface area (Å²) in [7, 11) is 0. The summed E-state index contributed by atoms with van der Waals surface area (Å²) in [4.78, 5) is 19.0. The molecule has 5 heteroatoms. The van der Waals surface area contributed by atoms with E-state index >= 15 is 0 Å². The van der Waals surface area contributed by atoms with E-state index in [-0.39, 0.29) is 5.56 Å². The van der Waals surface area contributed by atoms with Gasteiger partial charge in [0.05, 0.1) is 5.56 Å². The van der Waals surface area contributed by atoms with Crippen molar-refractivity contribution in [3.8, 4) is 11.4 Å². The van der Waals surface area contributed by atoms with E-state index < -0.39 is 0 Å². The van der Waals surface area contributed by atoms with E-state index in [0.29, 0.717) is 23.6 Å². The molecule has 4 nitrogen and oxygen atoms in total. The maximum Gasteiger partial charge on any atom is 0.256 e. The number of hydrogen-bond acceptors (Lipinski definition) is 3. The van der Waals surface area contributed by atoms with Gasteiger partial charge in [-0.05, 0) is 43.5 Å². The van der Waals surface area contributed by atoms with Crippen LogP contribution >= 0.6 is 15.9 Å². The molecule has 1 aromatic carbocycles. The molecule has 0 spiro atoms. The first-order valence-corrected chi connectivity index (χ1v) is 6.89. The van der Waals surface area contributed by atoms with Crippen molar-refractivity contribution in [3.05, 3.63) is 43.6 Å². The Balaban J connectivity index is 2.63. The van der Waals surface area contributed by atoms with Gasteiger partial charge in [-0.3, -0.25) is 4.79 Å². The molecule has 0 radical (unpaired) electrons. The van der Waals surface area contributed by atoms with Crippen molar-refractivity contribution in [2.75, 3.05) is 5.73 Å². The number of aromatic nitrogens is 2. The molecule has 0 bridgehead atoms. The molecular formula is C14H16BrN3O. The summed E-state index contributed by atoms with van der Waals surface area (Å²) in [6.45, 7) is 5.89. The normalized spacial score (nSPS) is 10.7. The second kappa shape index (κ2) is 5.17. The van der Waals surface area contributed by atoms with Crippen molar-refractivity contribution in [2.24, 2.45) is 0 Å². The molecule has 0 aliphatic heterocycles. The van der Waals surface area contributed by atoms with Crippen molar-refractivity contribution in [1.29, 1.82) is 0 Å². The fourth-order valence-electron chi connectivity index (χ4n) is 2.08. The van der Waals surface area contributed by atoms with Gasteiger partial charge in [-0.1, -0.05) is 22.9 Å². The molecule has 1 heterocycles. The fourth-order valence-corrected chi connectivity index (χ4v) is 2.31. The highest BCUT2D eigenvalue weighted by atomic mass is 79.9. The lowest BCUT2D eigenvalue weighted by atomic mass is 10.1. The Bertz CT molecular complexity index is 669. The zero-order valence-electron chi connectivity index (χ0n) is 11.2. The van der Waals surface area contributed by atoms with Gasteiger partial charge in [-0.15, -0.1) is 0 Å². The first-order chi connectivity index (χ1) is 8.93. The minimum absolute atomic E-state index is 0.164. The van der Waals surface area contributed by atoms with E-state index in [1.165, 1.54) is 0 Å². The average molecular weight is 322 g/mol. The average Bonchev–Trinajstić information content (AvgIpc) is 2.35. The summed E-state index contributed by atoms with van der Waals surface area (Å²) >= 11 is 3.52. The van der Waals surface area contributed by atoms with Crippen LogP contribution in [-0.4, -0.2) is 9.97 Å². The van der Waals surface area contributed by atoms with E-state index in [9.17, 15) is 4.79 Å². The number of halogens is 1. The highest BCUT2D eigenvalue weighted by Crippen LogP contribution is 2.26. The number of H-pyrrole nitrogens is 1.